The highest BCUT2D eigenvalue weighted by atomic mass is 32.2. The summed E-state index contributed by atoms with van der Waals surface area (Å²) in [4.78, 5) is 2.26. The zero-order chi connectivity index (χ0) is 14.6. The van der Waals surface area contributed by atoms with E-state index in [1.807, 2.05) is 0 Å². The molecule has 0 heterocycles. The van der Waals surface area contributed by atoms with Gasteiger partial charge in [-0.05, 0) is 24.3 Å². The molecule has 2 rings (SSSR count). The molecule has 0 fully saturated rings. The molecule has 4 nitrogen and oxygen atoms in total. The zero-order valence-electron chi connectivity index (χ0n) is 10.5. The fourth-order valence-electron chi connectivity index (χ4n) is 1.56. The summed E-state index contributed by atoms with van der Waals surface area (Å²) in [5.74, 6) is -0.482. The van der Waals surface area contributed by atoms with Crippen LogP contribution in [0.3, 0.4) is 0 Å². The van der Waals surface area contributed by atoms with Gasteiger partial charge in [0.15, 0.2) is 0 Å². The van der Waals surface area contributed by atoms with Crippen molar-refractivity contribution in [2.24, 2.45) is 0 Å². The predicted molar refractivity (Wildman–Crippen MR) is 75.3 cm³/mol. The molecule has 0 atom stereocenters. The first-order valence-electron chi connectivity index (χ1n) is 5.77. The molecule has 0 amide bonds. The molecule has 20 heavy (non-hydrogen) atoms. The Balaban J connectivity index is 2.10. The van der Waals surface area contributed by atoms with Crippen LogP contribution in [0.5, 0.6) is 0 Å². The molecular formula is C14H13FN2O2S. The lowest BCUT2D eigenvalue weighted by Gasteiger charge is -2.12. The van der Waals surface area contributed by atoms with Crippen LogP contribution in [0.4, 0.5) is 4.39 Å². The van der Waals surface area contributed by atoms with Gasteiger partial charge in [0, 0.05) is 5.56 Å². The van der Waals surface area contributed by atoms with Gasteiger partial charge < -0.3 is 5.43 Å². The predicted octanol–water partition coefficient (Wildman–Crippen LogP) is 2.28. The summed E-state index contributed by atoms with van der Waals surface area (Å²) in [6, 6.07) is 13.8. The molecule has 2 N–H and O–H groups in total. The Morgan fingerprint density at radius 3 is 2.25 bits per heavy atom. The number of rotatable bonds is 5. The number of hydrogen-bond donors (Lipinski definition) is 2. The highest BCUT2D eigenvalue weighted by Gasteiger charge is 2.13. The molecular weight excluding hydrogens is 279 g/mol. The van der Waals surface area contributed by atoms with Gasteiger partial charge in [0.1, 0.15) is 5.82 Å². The van der Waals surface area contributed by atoms with Crippen LogP contribution in [0.25, 0.3) is 5.70 Å². The van der Waals surface area contributed by atoms with Gasteiger partial charge >= 0.3 is 0 Å². The zero-order valence-corrected chi connectivity index (χ0v) is 11.3. The van der Waals surface area contributed by atoms with Crippen LogP contribution in [-0.2, 0) is 10.0 Å². The van der Waals surface area contributed by atoms with Crippen molar-refractivity contribution in [3.05, 3.63) is 72.6 Å². The van der Waals surface area contributed by atoms with Crippen molar-refractivity contribution in [3.63, 3.8) is 0 Å². The van der Waals surface area contributed by atoms with Crippen molar-refractivity contribution in [1.29, 1.82) is 0 Å². The monoisotopic (exact) mass is 292 g/mol. The van der Waals surface area contributed by atoms with Crippen LogP contribution in [0.15, 0.2) is 66.1 Å². The minimum absolute atomic E-state index is 0.105. The van der Waals surface area contributed by atoms with Gasteiger partial charge in [-0.15, -0.1) is 4.83 Å². The lowest BCUT2D eigenvalue weighted by atomic mass is 10.2. The molecule has 6 heteroatoms. The maximum absolute atomic E-state index is 13.5. The van der Waals surface area contributed by atoms with E-state index in [-0.39, 0.29) is 16.2 Å². The van der Waals surface area contributed by atoms with E-state index in [0.29, 0.717) is 0 Å². The molecule has 0 bridgehead atoms. The Kier molecular flexibility index (Phi) is 4.16. The molecule has 0 aliphatic carbocycles. The first-order valence-corrected chi connectivity index (χ1v) is 7.26. The van der Waals surface area contributed by atoms with Gasteiger partial charge in [-0.1, -0.05) is 36.9 Å². The molecule has 0 unspecified atom stereocenters. The molecule has 0 radical (unpaired) electrons. The lowest BCUT2D eigenvalue weighted by Crippen LogP contribution is -2.36. The largest absolute Gasteiger partial charge is 0.308 e. The van der Waals surface area contributed by atoms with Crippen molar-refractivity contribution in [2.45, 2.75) is 4.90 Å². The average molecular weight is 292 g/mol. The van der Waals surface area contributed by atoms with E-state index >= 15 is 0 Å². The van der Waals surface area contributed by atoms with Crippen molar-refractivity contribution in [1.82, 2.24) is 10.3 Å². The third-order valence-electron chi connectivity index (χ3n) is 2.59. The molecule has 0 aromatic heterocycles. The Morgan fingerprint density at radius 2 is 1.60 bits per heavy atom. The van der Waals surface area contributed by atoms with Crippen molar-refractivity contribution in [3.8, 4) is 0 Å². The molecule has 0 aliphatic rings. The summed E-state index contributed by atoms with van der Waals surface area (Å²) in [6.45, 7) is 3.60. The van der Waals surface area contributed by atoms with Crippen LogP contribution in [0.2, 0.25) is 0 Å². The fourth-order valence-corrected chi connectivity index (χ4v) is 2.45. The number of benzene rings is 2. The number of hydrazine groups is 1. The van der Waals surface area contributed by atoms with E-state index in [9.17, 15) is 12.8 Å². The van der Waals surface area contributed by atoms with Crippen molar-refractivity contribution >= 4 is 15.7 Å². The minimum atomic E-state index is -3.72. The fraction of sp³-hybridized carbons (Fsp3) is 0. The van der Waals surface area contributed by atoms with E-state index in [0.717, 1.165) is 0 Å². The van der Waals surface area contributed by atoms with Crippen molar-refractivity contribution < 1.29 is 12.8 Å². The Labute approximate surface area is 117 Å². The van der Waals surface area contributed by atoms with Gasteiger partial charge in [0.25, 0.3) is 10.0 Å². The van der Waals surface area contributed by atoms with Crippen LogP contribution >= 0.6 is 0 Å². The second kappa shape index (κ2) is 5.85. The highest BCUT2D eigenvalue weighted by Crippen LogP contribution is 2.13. The normalized spacial score (nSPS) is 11.1. The van der Waals surface area contributed by atoms with Gasteiger partial charge in [-0.25, -0.2) is 12.8 Å². The van der Waals surface area contributed by atoms with E-state index in [1.165, 1.54) is 24.3 Å². The quantitative estimate of drug-likeness (QED) is 0.831. The second-order valence-electron chi connectivity index (χ2n) is 4.00. The Morgan fingerprint density at radius 1 is 1.00 bits per heavy atom. The maximum Gasteiger partial charge on any atom is 0.257 e. The lowest BCUT2D eigenvalue weighted by molar-refractivity contribution is 0.574. The van der Waals surface area contributed by atoms with E-state index in [2.05, 4.69) is 16.8 Å². The van der Waals surface area contributed by atoms with E-state index in [1.54, 1.807) is 30.3 Å². The second-order valence-corrected chi connectivity index (χ2v) is 5.68. The van der Waals surface area contributed by atoms with Crippen LogP contribution in [0, 0.1) is 5.82 Å². The summed E-state index contributed by atoms with van der Waals surface area (Å²) >= 11 is 0. The molecule has 2 aromatic carbocycles. The van der Waals surface area contributed by atoms with Crippen molar-refractivity contribution in [2.75, 3.05) is 0 Å². The Bertz CT molecular complexity index is 715. The summed E-state index contributed by atoms with van der Waals surface area (Å²) in [5, 5.41) is 0. The van der Waals surface area contributed by atoms with Crippen LogP contribution in [0.1, 0.15) is 5.56 Å². The molecule has 0 aliphatic heterocycles. The van der Waals surface area contributed by atoms with Gasteiger partial charge in [-0.3, -0.25) is 0 Å². The van der Waals surface area contributed by atoms with Gasteiger partial charge in [0.2, 0.25) is 0 Å². The third kappa shape index (κ3) is 3.23. The SMILES string of the molecule is C=C(NNS(=O)(=O)c1ccccc1)c1ccccc1F. The van der Waals surface area contributed by atoms with E-state index < -0.39 is 15.8 Å². The summed E-state index contributed by atoms with van der Waals surface area (Å²) < 4.78 is 37.4. The topological polar surface area (TPSA) is 58.2 Å². The highest BCUT2D eigenvalue weighted by molar-refractivity contribution is 7.89. The number of halogens is 1. The molecule has 2 aromatic rings. The molecule has 0 saturated carbocycles. The van der Waals surface area contributed by atoms with Gasteiger partial charge in [-0.2, -0.15) is 0 Å². The van der Waals surface area contributed by atoms with Gasteiger partial charge in [0.05, 0.1) is 10.6 Å². The number of nitrogens with one attached hydrogen (secondary N) is 2. The average Bonchev–Trinajstić information content (AvgIpc) is 2.46. The van der Waals surface area contributed by atoms with Crippen LogP contribution in [-0.4, -0.2) is 8.42 Å². The maximum atomic E-state index is 13.5. The Hall–Kier alpha value is -2.18. The molecule has 0 spiro atoms. The minimum Gasteiger partial charge on any atom is -0.308 e. The van der Waals surface area contributed by atoms with Crippen LogP contribution < -0.4 is 10.3 Å². The summed E-state index contributed by atoms with van der Waals surface area (Å²) in [7, 11) is -3.72. The number of hydrogen-bond acceptors (Lipinski definition) is 3. The standard InChI is InChI=1S/C14H13FN2O2S/c1-11(13-9-5-6-10-14(13)15)16-17-20(18,19)12-7-3-2-4-8-12/h2-10,16-17H,1H2. The van der Waals surface area contributed by atoms with E-state index in [4.69, 9.17) is 0 Å². The molecule has 104 valence electrons. The molecule has 0 saturated heterocycles. The summed E-state index contributed by atoms with van der Waals surface area (Å²) in [6.07, 6.45) is 0. The number of sulfonamides is 1. The summed E-state index contributed by atoms with van der Waals surface area (Å²) in [5.41, 5.74) is 2.73. The first-order chi connectivity index (χ1) is 9.50. The third-order valence-corrected chi connectivity index (χ3v) is 3.85. The smallest absolute Gasteiger partial charge is 0.257 e. The first kappa shape index (κ1) is 14.2.